The third kappa shape index (κ3) is 5.88. The number of hydrogen-bond acceptors (Lipinski definition) is 4. The molecule has 0 atom stereocenters. The molecule has 0 spiro atoms. The van der Waals surface area contributed by atoms with Crippen molar-refractivity contribution in [3.8, 4) is 17.1 Å². The molecule has 0 radical (unpaired) electrons. The number of rotatable bonds is 8. The number of nitrogens with zero attached hydrogens (tertiary/aromatic N) is 2. The van der Waals surface area contributed by atoms with Gasteiger partial charge in [-0.2, -0.15) is 5.10 Å². The van der Waals surface area contributed by atoms with Gasteiger partial charge in [-0.05, 0) is 49.5 Å². The van der Waals surface area contributed by atoms with Crippen LogP contribution in [0.1, 0.15) is 17.5 Å². The van der Waals surface area contributed by atoms with Gasteiger partial charge in [0.1, 0.15) is 12.4 Å². The molecule has 0 bridgehead atoms. The molecule has 2 N–H and O–H groups in total. The van der Waals surface area contributed by atoms with E-state index in [1.807, 2.05) is 72.2 Å². The van der Waals surface area contributed by atoms with Crippen LogP contribution in [0.15, 0.2) is 72.8 Å². The van der Waals surface area contributed by atoms with Crippen LogP contribution in [-0.2, 0) is 17.9 Å². The van der Waals surface area contributed by atoms with Crippen LogP contribution in [-0.4, -0.2) is 20.7 Å². The molecule has 33 heavy (non-hydrogen) atoms. The summed E-state index contributed by atoms with van der Waals surface area (Å²) >= 11 is 11.5. The van der Waals surface area contributed by atoms with Crippen molar-refractivity contribution in [1.82, 2.24) is 14.8 Å². The predicted molar refractivity (Wildman–Crippen MR) is 133 cm³/mol. The average Bonchev–Trinajstić information content (AvgIpc) is 3.19. The van der Waals surface area contributed by atoms with Gasteiger partial charge in [0.05, 0.1) is 0 Å². The summed E-state index contributed by atoms with van der Waals surface area (Å²) in [4.78, 5) is 12.5. The molecule has 0 fully saturated rings. The third-order valence-electron chi connectivity index (χ3n) is 5.12. The van der Waals surface area contributed by atoms with E-state index in [9.17, 15) is 4.79 Å². The number of anilines is 1. The first kappa shape index (κ1) is 22.8. The molecule has 0 aliphatic heterocycles. The fraction of sp³-hybridized carbons (Fsp3) is 0.160. The largest absolute Gasteiger partial charge is 0.489 e. The Morgan fingerprint density at radius 3 is 2.55 bits per heavy atom. The monoisotopic (exact) mass is 478 g/mol. The van der Waals surface area contributed by atoms with Gasteiger partial charge in [-0.1, -0.05) is 59.6 Å². The summed E-state index contributed by atoms with van der Waals surface area (Å²) < 4.78 is 8.11. The lowest BCUT2D eigenvalue weighted by atomic mass is 10.1. The topological polar surface area (TPSA) is 71.9 Å². The normalized spacial score (nSPS) is 10.7. The Morgan fingerprint density at radius 1 is 1.09 bits per heavy atom. The van der Waals surface area contributed by atoms with E-state index in [0.717, 1.165) is 11.1 Å². The van der Waals surface area contributed by atoms with Gasteiger partial charge in [0.25, 0.3) is 0 Å². The summed E-state index contributed by atoms with van der Waals surface area (Å²) in [7, 11) is 0. The lowest BCUT2D eigenvalue weighted by Crippen LogP contribution is -2.15. The van der Waals surface area contributed by atoms with Gasteiger partial charge in [0.15, 0.2) is 10.6 Å². The van der Waals surface area contributed by atoms with E-state index in [0.29, 0.717) is 40.2 Å². The van der Waals surface area contributed by atoms with Crippen molar-refractivity contribution >= 4 is 35.4 Å². The molecule has 0 aliphatic carbocycles. The molecule has 0 unspecified atom stereocenters. The van der Waals surface area contributed by atoms with Crippen molar-refractivity contribution in [1.29, 1.82) is 0 Å². The molecule has 1 heterocycles. The molecule has 3 aromatic carbocycles. The van der Waals surface area contributed by atoms with Crippen molar-refractivity contribution in [2.45, 2.75) is 26.5 Å². The fourth-order valence-electron chi connectivity index (χ4n) is 3.30. The van der Waals surface area contributed by atoms with Crippen LogP contribution in [0.2, 0.25) is 5.02 Å². The van der Waals surface area contributed by atoms with E-state index in [4.69, 9.17) is 28.6 Å². The number of carbonyl (C=O) groups excluding carboxylic acids is 1. The molecule has 4 rings (SSSR count). The standard InChI is InChI=1S/C25H23ClN4O2S/c1-17-6-8-18(9-7-17)24-28-29-25(33)30(24)15-14-23(31)27-20-10-12-21(13-11-20)32-16-19-4-2-3-5-22(19)26/h2-13H,14-16H2,1H3,(H,27,31)(H,29,33). The highest BCUT2D eigenvalue weighted by molar-refractivity contribution is 7.71. The molecule has 1 aromatic heterocycles. The summed E-state index contributed by atoms with van der Waals surface area (Å²) in [5.41, 5.74) is 3.72. The number of aryl methyl sites for hydroxylation is 1. The summed E-state index contributed by atoms with van der Waals surface area (Å²) in [5, 5.41) is 10.7. The number of aromatic nitrogens is 3. The second-order valence-electron chi connectivity index (χ2n) is 7.57. The Balaban J connectivity index is 1.32. The first-order valence-corrected chi connectivity index (χ1v) is 11.3. The Hall–Kier alpha value is -3.42. The highest BCUT2D eigenvalue weighted by Crippen LogP contribution is 2.21. The maximum absolute atomic E-state index is 12.5. The maximum atomic E-state index is 12.5. The minimum Gasteiger partial charge on any atom is -0.489 e. The van der Waals surface area contributed by atoms with Crippen molar-refractivity contribution < 1.29 is 9.53 Å². The highest BCUT2D eigenvalue weighted by Gasteiger charge is 2.11. The Kier molecular flexibility index (Phi) is 7.22. The molecular weight excluding hydrogens is 456 g/mol. The van der Waals surface area contributed by atoms with Crippen LogP contribution in [0.5, 0.6) is 5.75 Å². The van der Waals surface area contributed by atoms with Gasteiger partial charge < -0.3 is 10.1 Å². The number of H-pyrrole nitrogens is 1. The smallest absolute Gasteiger partial charge is 0.226 e. The minimum absolute atomic E-state index is 0.113. The molecule has 0 aliphatic rings. The molecular formula is C25H23ClN4O2S. The number of nitrogens with one attached hydrogen (secondary N) is 2. The van der Waals surface area contributed by atoms with E-state index in [-0.39, 0.29) is 12.3 Å². The number of carbonyl (C=O) groups is 1. The van der Waals surface area contributed by atoms with Gasteiger partial charge in [-0.3, -0.25) is 14.5 Å². The quantitative estimate of drug-likeness (QED) is 0.297. The number of ether oxygens (including phenoxy) is 1. The number of aromatic amines is 1. The molecule has 168 valence electrons. The third-order valence-corrected chi connectivity index (χ3v) is 5.80. The lowest BCUT2D eigenvalue weighted by Gasteiger charge is -2.10. The van der Waals surface area contributed by atoms with Crippen LogP contribution in [0.25, 0.3) is 11.4 Å². The lowest BCUT2D eigenvalue weighted by molar-refractivity contribution is -0.116. The van der Waals surface area contributed by atoms with Crippen LogP contribution in [0, 0.1) is 11.7 Å². The Bertz CT molecular complexity index is 1300. The van der Waals surface area contributed by atoms with Gasteiger partial charge in [-0.25, -0.2) is 0 Å². The van der Waals surface area contributed by atoms with Crippen LogP contribution >= 0.6 is 23.8 Å². The average molecular weight is 479 g/mol. The summed E-state index contributed by atoms with van der Waals surface area (Å²) in [5.74, 6) is 1.30. The second-order valence-corrected chi connectivity index (χ2v) is 8.37. The van der Waals surface area contributed by atoms with E-state index in [2.05, 4.69) is 15.5 Å². The Morgan fingerprint density at radius 2 is 1.82 bits per heavy atom. The number of hydrogen-bond donors (Lipinski definition) is 2. The Labute approximate surface area is 202 Å². The van der Waals surface area contributed by atoms with Crippen molar-refractivity contribution in [3.63, 3.8) is 0 Å². The SMILES string of the molecule is Cc1ccc(-c2n[nH]c(=S)n2CCC(=O)Nc2ccc(OCc3ccccc3Cl)cc2)cc1. The molecule has 6 nitrogen and oxygen atoms in total. The van der Waals surface area contributed by atoms with Gasteiger partial charge in [0, 0.05) is 34.8 Å². The minimum atomic E-state index is -0.113. The molecule has 8 heteroatoms. The van der Waals surface area contributed by atoms with Gasteiger partial charge in [-0.15, -0.1) is 0 Å². The molecule has 0 saturated carbocycles. The zero-order valence-corrected chi connectivity index (χ0v) is 19.6. The summed E-state index contributed by atoms with van der Waals surface area (Å²) in [6.07, 6.45) is 0.261. The molecule has 4 aromatic rings. The number of amides is 1. The van der Waals surface area contributed by atoms with E-state index in [1.165, 1.54) is 5.56 Å². The predicted octanol–water partition coefficient (Wildman–Crippen LogP) is 6.18. The fourth-order valence-corrected chi connectivity index (χ4v) is 3.71. The first-order valence-electron chi connectivity index (χ1n) is 10.5. The maximum Gasteiger partial charge on any atom is 0.226 e. The summed E-state index contributed by atoms with van der Waals surface area (Å²) in [6, 6.07) is 22.8. The van der Waals surface area contributed by atoms with Crippen molar-refractivity contribution in [2.24, 2.45) is 0 Å². The van der Waals surface area contributed by atoms with Gasteiger partial charge >= 0.3 is 0 Å². The molecule has 0 saturated heterocycles. The van der Waals surface area contributed by atoms with E-state index in [1.54, 1.807) is 12.1 Å². The number of benzene rings is 3. The van der Waals surface area contributed by atoms with Gasteiger partial charge in [0.2, 0.25) is 5.91 Å². The highest BCUT2D eigenvalue weighted by atomic mass is 35.5. The number of halogens is 1. The van der Waals surface area contributed by atoms with E-state index < -0.39 is 0 Å². The van der Waals surface area contributed by atoms with Crippen LogP contribution in [0.3, 0.4) is 0 Å². The first-order chi connectivity index (χ1) is 16.0. The second kappa shape index (κ2) is 10.5. The zero-order chi connectivity index (χ0) is 23.2. The van der Waals surface area contributed by atoms with E-state index >= 15 is 0 Å². The van der Waals surface area contributed by atoms with Crippen LogP contribution < -0.4 is 10.1 Å². The molecule has 1 amide bonds. The van der Waals surface area contributed by atoms with Crippen LogP contribution in [0.4, 0.5) is 5.69 Å². The van der Waals surface area contributed by atoms with Crippen molar-refractivity contribution in [2.75, 3.05) is 5.32 Å². The summed E-state index contributed by atoms with van der Waals surface area (Å²) in [6.45, 7) is 2.83. The van der Waals surface area contributed by atoms with Crippen molar-refractivity contribution in [3.05, 3.63) is 93.7 Å². The zero-order valence-electron chi connectivity index (χ0n) is 18.0.